The van der Waals surface area contributed by atoms with Crippen molar-refractivity contribution in [1.29, 1.82) is 0 Å². The molecule has 3 N–H and O–H groups in total. The van der Waals surface area contributed by atoms with Crippen LogP contribution in [0.25, 0.3) is 0 Å². The van der Waals surface area contributed by atoms with E-state index in [0.29, 0.717) is 6.54 Å². The zero-order valence-corrected chi connectivity index (χ0v) is 14.5. The average molecular weight is 398 g/mol. The number of hydrogen-bond donors (Lipinski definition) is 2. The van der Waals surface area contributed by atoms with E-state index >= 15 is 0 Å². The van der Waals surface area contributed by atoms with Gasteiger partial charge in [-0.25, -0.2) is 0 Å². The van der Waals surface area contributed by atoms with Gasteiger partial charge in [0.2, 0.25) is 0 Å². The second-order valence-corrected chi connectivity index (χ2v) is 6.47. The Morgan fingerprint density at radius 2 is 1.70 bits per heavy atom. The maximum absolute atomic E-state index is 5.93. The van der Waals surface area contributed by atoms with Gasteiger partial charge in [0.25, 0.3) is 0 Å². The van der Waals surface area contributed by atoms with E-state index < -0.39 is 0 Å². The third-order valence-corrected chi connectivity index (χ3v) is 5.21. The summed E-state index contributed by atoms with van der Waals surface area (Å²) in [5, 5.41) is 3.58. The van der Waals surface area contributed by atoms with Crippen molar-refractivity contribution < 1.29 is 0 Å². The van der Waals surface area contributed by atoms with Gasteiger partial charge in [-0.2, -0.15) is 0 Å². The lowest BCUT2D eigenvalue weighted by atomic mass is 10.0. The molecule has 0 spiro atoms. The van der Waals surface area contributed by atoms with Gasteiger partial charge in [0, 0.05) is 27.6 Å². The Morgan fingerprint density at radius 3 is 2.30 bits per heavy atom. The molecule has 2 aromatic rings. The molecule has 2 rings (SSSR count). The highest BCUT2D eigenvalue weighted by Crippen LogP contribution is 2.27. The Hall–Kier alpha value is -0.680. The number of rotatable bonds is 5. The fraction of sp³-hybridized carbons (Fsp3) is 0.250. The van der Waals surface area contributed by atoms with E-state index in [1.54, 1.807) is 0 Å². The van der Waals surface area contributed by atoms with Crippen molar-refractivity contribution in [2.75, 3.05) is 6.54 Å². The highest BCUT2D eigenvalue weighted by atomic mass is 79.9. The maximum Gasteiger partial charge on any atom is 0.0449 e. The van der Waals surface area contributed by atoms with Gasteiger partial charge in [0.15, 0.2) is 0 Å². The van der Waals surface area contributed by atoms with Crippen LogP contribution in [0.2, 0.25) is 0 Å². The molecule has 0 aliphatic carbocycles. The fourth-order valence-electron chi connectivity index (χ4n) is 2.17. The first-order valence-corrected chi connectivity index (χ1v) is 8.16. The van der Waals surface area contributed by atoms with Crippen LogP contribution in [0, 0.1) is 0 Å². The molecule has 0 radical (unpaired) electrons. The van der Waals surface area contributed by atoms with Crippen molar-refractivity contribution in [3.63, 3.8) is 0 Å². The third-order valence-electron chi connectivity index (χ3n) is 3.33. The minimum absolute atomic E-state index is 0.134. The first-order chi connectivity index (χ1) is 9.61. The number of hydrogen-bond acceptors (Lipinski definition) is 2. The highest BCUT2D eigenvalue weighted by molar-refractivity contribution is 9.13. The normalized spacial score (nSPS) is 14.0. The molecule has 2 atom stereocenters. The lowest BCUT2D eigenvalue weighted by molar-refractivity contribution is 0.473. The topological polar surface area (TPSA) is 38.0 Å². The molecule has 106 valence electrons. The minimum atomic E-state index is 0.134. The van der Waals surface area contributed by atoms with Gasteiger partial charge < -0.3 is 11.1 Å². The molecule has 20 heavy (non-hydrogen) atoms. The van der Waals surface area contributed by atoms with E-state index in [9.17, 15) is 0 Å². The molecule has 0 bridgehead atoms. The summed E-state index contributed by atoms with van der Waals surface area (Å²) in [4.78, 5) is 0. The van der Waals surface area contributed by atoms with E-state index in [4.69, 9.17) is 5.73 Å². The Kier molecular flexibility index (Phi) is 5.78. The number of nitrogens with two attached hydrogens (primary N) is 1. The molecule has 2 aromatic carbocycles. The molecule has 0 aliphatic rings. The summed E-state index contributed by atoms with van der Waals surface area (Å²) in [5.41, 5.74) is 8.38. The van der Waals surface area contributed by atoms with E-state index in [0.717, 1.165) is 8.95 Å². The predicted molar refractivity (Wildman–Crippen MR) is 91.6 cm³/mol. The Balaban J connectivity index is 2.14. The van der Waals surface area contributed by atoms with Crippen molar-refractivity contribution in [2.24, 2.45) is 5.73 Å². The average Bonchev–Trinajstić information content (AvgIpc) is 2.48. The van der Waals surface area contributed by atoms with Gasteiger partial charge in [-0.05, 0) is 62.0 Å². The summed E-state index contributed by atoms with van der Waals surface area (Å²) in [7, 11) is 0. The van der Waals surface area contributed by atoms with Gasteiger partial charge in [-0.15, -0.1) is 0 Å². The van der Waals surface area contributed by atoms with Gasteiger partial charge in [0.05, 0.1) is 0 Å². The lowest BCUT2D eigenvalue weighted by Crippen LogP contribution is -2.30. The summed E-state index contributed by atoms with van der Waals surface area (Å²) < 4.78 is 2.09. The molecule has 2 unspecified atom stereocenters. The summed E-state index contributed by atoms with van der Waals surface area (Å²) in [6, 6.07) is 17.0. The third kappa shape index (κ3) is 3.92. The quantitative estimate of drug-likeness (QED) is 0.775. The van der Waals surface area contributed by atoms with Crippen LogP contribution in [0.3, 0.4) is 0 Å². The van der Waals surface area contributed by atoms with Crippen LogP contribution in [0.15, 0.2) is 57.5 Å². The highest BCUT2D eigenvalue weighted by Gasteiger charge is 2.14. The van der Waals surface area contributed by atoms with Crippen molar-refractivity contribution >= 4 is 31.9 Å². The molecule has 0 saturated heterocycles. The maximum atomic E-state index is 5.93. The van der Waals surface area contributed by atoms with E-state index in [2.05, 4.69) is 80.5 Å². The van der Waals surface area contributed by atoms with Gasteiger partial charge in [0.1, 0.15) is 0 Å². The van der Waals surface area contributed by atoms with E-state index in [-0.39, 0.29) is 12.1 Å². The zero-order chi connectivity index (χ0) is 14.5. The molecule has 0 saturated carbocycles. The monoisotopic (exact) mass is 396 g/mol. The minimum Gasteiger partial charge on any atom is -0.329 e. The van der Waals surface area contributed by atoms with Crippen LogP contribution in [-0.2, 0) is 0 Å². The Morgan fingerprint density at radius 1 is 1.00 bits per heavy atom. The van der Waals surface area contributed by atoms with Crippen molar-refractivity contribution in [3.05, 3.63) is 68.6 Å². The Bertz CT molecular complexity index is 558. The molecule has 0 aliphatic heterocycles. The first-order valence-electron chi connectivity index (χ1n) is 6.58. The van der Waals surface area contributed by atoms with Crippen molar-refractivity contribution in [3.8, 4) is 0 Å². The summed E-state index contributed by atoms with van der Waals surface area (Å²) in [6.45, 7) is 2.72. The standard InChI is InChI=1S/C16H18Br2N2/c1-11(12-5-3-2-4-6-12)20-16(10-19)13-7-8-14(17)15(18)9-13/h2-9,11,16,20H,10,19H2,1H3. The molecule has 0 fully saturated rings. The van der Waals surface area contributed by atoms with Crippen LogP contribution < -0.4 is 11.1 Å². The molecular formula is C16H18Br2N2. The number of benzene rings is 2. The fourth-order valence-corrected chi connectivity index (χ4v) is 2.81. The van der Waals surface area contributed by atoms with Crippen LogP contribution >= 0.6 is 31.9 Å². The van der Waals surface area contributed by atoms with Crippen LogP contribution in [-0.4, -0.2) is 6.54 Å². The van der Waals surface area contributed by atoms with E-state index in [1.165, 1.54) is 11.1 Å². The summed E-state index contributed by atoms with van der Waals surface area (Å²) >= 11 is 7.03. The lowest BCUT2D eigenvalue weighted by Gasteiger charge is -2.23. The van der Waals surface area contributed by atoms with Gasteiger partial charge in [-0.3, -0.25) is 0 Å². The Labute approximate surface area is 137 Å². The smallest absolute Gasteiger partial charge is 0.0449 e. The van der Waals surface area contributed by atoms with Crippen LogP contribution in [0.1, 0.15) is 30.1 Å². The molecule has 0 heterocycles. The largest absolute Gasteiger partial charge is 0.329 e. The molecule has 4 heteroatoms. The first kappa shape index (κ1) is 15.7. The molecule has 0 aromatic heterocycles. The number of halogens is 2. The molecular weight excluding hydrogens is 380 g/mol. The molecule has 0 amide bonds. The summed E-state index contributed by atoms with van der Waals surface area (Å²) in [6.07, 6.45) is 0. The van der Waals surface area contributed by atoms with Gasteiger partial charge in [-0.1, -0.05) is 36.4 Å². The second-order valence-electron chi connectivity index (χ2n) is 4.76. The van der Waals surface area contributed by atoms with E-state index in [1.807, 2.05) is 12.1 Å². The molecule has 2 nitrogen and oxygen atoms in total. The number of nitrogens with one attached hydrogen (secondary N) is 1. The van der Waals surface area contributed by atoms with Gasteiger partial charge >= 0.3 is 0 Å². The van der Waals surface area contributed by atoms with Crippen LogP contribution in [0.4, 0.5) is 0 Å². The zero-order valence-electron chi connectivity index (χ0n) is 11.3. The summed E-state index contributed by atoms with van der Waals surface area (Å²) in [5.74, 6) is 0. The van der Waals surface area contributed by atoms with Crippen LogP contribution in [0.5, 0.6) is 0 Å². The van der Waals surface area contributed by atoms with Crippen molar-refractivity contribution in [1.82, 2.24) is 5.32 Å². The van der Waals surface area contributed by atoms with Crippen molar-refractivity contribution in [2.45, 2.75) is 19.0 Å². The SMILES string of the molecule is CC(NC(CN)c1ccc(Br)c(Br)c1)c1ccccc1. The predicted octanol–water partition coefficient (Wildman–Crippen LogP) is 4.56. The second kappa shape index (κ2) is 7.36.